The number of aryl methyl sites for hydroxylation is 1. The average Bonchev–Trinajstić information content (AvgIpc) is 2.66. The van der Waals surface area contributed by atoms with Gasteiger partial charge >= 0.3 is 5.97 Å². The summed E-state index contributed by atoms with van der Waals surface area (Å²) in [6, 6.07) is 3.05. The predicted molar refractivity (Wildman–Crippen MR) is 96.0 cm³/mol. The fourth-order valence-corrected chi connectivity index (χ4v) is 3.35. The molecule has 0 spiro atoms. The summed E-state index contributed by atoms with van der Waals surface area (Å²) < 4.78 is 16.0. The van der Waals surface area contributed by atoms with E-state index in [-0.39, 0.29) is 5.91 Å². The van der Waals surface area contributed by atoms with Crippen molar-refractivity contribution in [2.75, 3.05) is 27.9 Å². The van der Waals surface area contributed by atoms with Crippen LogP contribution in [0.4, 0.5) is 0 Å². The van der Waals surface area contributed by atoms with Crippen molar-refractivity contribution < 1.29 is 28.9 Å². The van der Waals surface area contributed by atoms with Gasteiger partial charge in [0.2, 0.25) is 11.7 Å². The summed E-state index contributed by atoms with van der Waals surface area (Å²) in [6.07, 6.45) is 3.86. The molecule has 2 rings (SSSR count). The maximum absolute atomic E-state index is 12.4. The molecule has 144 valence electrons. The zero-order valence-corrected chi connectivity index (χ0v) is 15.6. The Hall–Kier alpha value is -2.44. The molecule has 0 aliphatic carbocycles. The molecule has 1 heterocycles. The highest BCUT2D eigenvalue weighted by Gasteiger charge is 2.31. The molecule has 0 saturated carbocycles. The number of aliphatic carboxylic acids is 1. The van der Waals surface area contributed by atoms with Crippen LogP contribution in [0, 0.1) is 0 Å². The molecule has 1 aliphatic heterocycles. The van der Waals surface area contributed by atoms with Crippen LogP contribution in [0.25, 0.3) is 0 Å². The van der Waals surface area contributed by atoms with Crippen molar-refractivity contribution in [2.24, 2.45) is 0 Å². The Kier molecular flexibility index (Phi) is 7.12. The largest absolute Gasteiger partial charge is 0.493 e. The van der Waals surface area contributed by atoms with Crippen LogP contribution < -0.4 is 14.2 Å². The third-order valence-corrected chi connectivity index (χ3v) is 4.69. The van der Waals surface area contributed by atoms with Gasteiger partial charge in [0.15, 0.2) is 11.5 Å². The fourth-order valence-electron chi connectivity index (χ4n) is 3.35. The maximum Gasteiger partial charge on any atom is 0.326 e. The van der Waals surface area contributed by atoms with E-state index >= 15 is 0 Å². The predicted octanol–water partition coefficient (Wildman–Crippen LogP) is 2.50. The number of carboxylic acids is 1. The number of methoxy groups -OCH3 is 3. The van der Waals surface area contributed by atoms with Crippen molar-refractivity contribution in [1.29, 1.82) is 0 Å². The molecule has 26 heavy (non-hydrogen) atoms. The van der Waals surface area contributed by atoms with Crippen LogP contribution in [0.2, 0.25) is 0 Å². The van der Waals surface area contributed by atoms with E-state index in [2.05, 4.69) is 0 Å². The molecule has 1 atom stereocenters. The molecule has 7 nitrogen and oxygen atoms in total. The van der Waals surface area contributed by atoms with Gasteiger partial charge in [0.05, 0.1) is 21.3 Å². The third-order valence-electron chi connectivity index (χ3n) is 4.69. The van der Waals surface area contributed by atoms with Crippen LogP contribution in [-0.4, -0.2) is 55.8 Å². The van der Waals surface area contributed by atoms with Gasteiger partial charge in [-0.15, -0.1) is 0 Å². The first-order valence-corrected chi connectivity index (χ1v) is 8.83. The second-order valence-electron chi connectivity index (χ2n) is 6.32. The molecule has 7 heteroatoms. The quantitative estimate of drug-likeness (QED) is 0.762. The number of benzene rings is 1. The Morgan fingerprint density at radius 2 is 1.77 bits per heavy atom. The van der Waals surface area contributed by atoms with Gasteiger partial charge < -0.3 is 24.2 Å². The van der Waals surface area contributed by atoms with Crippen LogP contribution in [0.1, 0.15) is 37.7 Å². The number of amides is 1. The monoisotopic (exact) mass is 365 g/mol. The van der Waals surface area contributed by atoms with E-state index in [0.717, 1.165) is 18.4 Å². The highest BCUT2D eigenvalue weighted by molar-refractivity contribution is 5.83. The van der Waals surface area contributed by atoms with E-state index in [9.17, 15) is 14.7 Å². The lowest BCUT2D eigenvalue weighted by atomic mass is 10.0. The Morgan fingerprint density at radius 1 is 1.12 bits per heavy atom. The zero-order valence-electron chi connectivity index (χ0n) is 15.6. The SMILES string of the molecule is COc1cc(CCCC(=O)N2CCCC[C@H]2C(=O)O)cc(OC)c1OC. The second-order valence-corrected chi connectivity index (χ2v) is 6.32. The topological polar surface area (TPSA) is 85.3 Å². The normalized spacial score (nSPS) is 16.9. The Bertz CT molecular complexity index is 620. The number of carbonyl (C=O) groups excluding carboxylic acids is 1. The van der Waals surface area contributed by atoms with Gasteiger partial charge in [-0.2, -0.15) is 0 Å². The van der Waals surface area contributed by atoms with E-state index in [1.807, 2.05) is 12.1 Å². The minimum atomic E-state index is -0.914. The molecule has 1 aromatic carbocycles. The smallest absolute Gasteiger partial charge is 0.326 e. The van der Waals surface area contributed by atoms with Crippen LogP contribution in [0.15, 0.2) is 12.1 Å². The lowest BCUT2D eigenvalue weighted by molar-refractivity contribution is -0.152. The number of nitrogens with zero attached hydrogens (tertiary/aromatic N) is 1. The number of carbonyl (C=O) groups is 2. The standard InChI is InChI=1S/C19H27NO6/c1-24-15-11-13(12-16(25-2)18(15)26-3)7-6-9-17(21)20-10-5-4-8-14(20)19(22)23/h11-12,14H,4-10H2,1-3H3,(H,22,23)/t14-/m0/s1. The molecule has 0 unspecified atom stereocenters. The summed E-state index contributed by atoms with van der Waals surface area (Å²) in [7, 11) is 4.68. The fraction of sp³-hybridized carbons (Fsp3) is 0.579. The summed E-state index contributed by atoms with van der Waals surface area (Å²) in [6.45, 7) is 0.528. The van der Waals surface area contributed by atoms with Crippen molar-refractivity contribution in [3.8, 4) is 17.2 Å². The molecule has 1 saturated heterocycles. The van der Waals surface area contributed by atoms with Gasteiger partial charge in [-0.05, 0) is 49.8 Å². The first-order chi connectivity index (χ1) is 12.5. The number of hydrogen-bond donors (Lipinski definition) is 1. The number of likely N-dealkylation sites (tertiary alicyclic amines) is 1. The van der Waals surface area contributed by atoms with Gasteiger partial charge in [0.25, 0.3) is 0 Å². The number of rotatable bonds is 8. The molecule has 1 fully saturated rings. The maximum atomic E-state index is 12.4. The third kappa shape index (κ3) is 4.59. The van der Waals surface area contributed by atoms with Gasteiger partial charge in [-0.1, -0.05) is 0 Å². The summed E-state index contributed by atoms with van der Waals surface area (Å²) in [4.78, 5) is 25.3. The van der Waals surface area contributed by atoms with E-state index in [1.54, 1.807) is 21.3 Å². The molecule has 1 N–H and O–H groups in total. The van der Waals surface area contributed by atoms with Crippen LogP contribution >= 0.6 is 0 Å². The summed E-state index contributed by atoms with van der Waals surface area (Å²) in [5, 5.41) is 9.29. The second kappa shape index (κ2) is 9.31. The van der Waals surface area contributed by atoms with Crippen LogP contribution in [0.3, 0.4) is 0 Å². The Morgan fingerprint density at radius 3 is 2.31 bits per heavy atom. The highest BCUT2D eigenvalue weighted by Crippen LogP contribution is 2.38. The van der Waals surface area contributed by atoms with Crippen molar-refractivity contribution in [3.05, 3.63) is 17.7 Å². The molecular weight excluding hydrogens is 338 g/mol. The number of carboxylic acid groups (broad SMARTS) is 1. The van der Waals surface area contributed by atoms with Gasteiger partial charge in [0, 0.05) is 13.0 Å². The molecule has 0 radical (unpaired) electrons. The van der Waals surface area contributed by atoms with Crippen molar-refractivity contribution in [1.82, 2.24) is 4.90 Å². The minimum absolute atomic E-state index is 0.0930. The first kappa shape index (κ1) is 19.9. The van der Waals surface area contributed by atoms with Crippen LogP contribution in [-0.2, 0) is 16.0 Å². The van der Waals surface area contributed by atoms with E-state index < -0.39 is 12.0 Å². The first-order valence-electron chi connectivity index (χ1n) is 8.83. The number of piperidine rings is 1. The average molecular weight is 365 g/mol. The van der Waals surface area contributed by atoms with Crippen LogP contribution in [0.5, 0.6) is 17.2 Å². The number of hydrogen-bond acceptors (Lipinski definition) is 5. The number of ether oxygens (including phenoxy) is 3. The van der Waals surface area contributed by atoms with Gasteiger partial charge in [-0.3, -0.25) is 4.79 Å². The minimum Gasteiger partial charge on any atom is -0.493 e. The summed E-state index contributed by atoms with van der Waals surface area (Å²) in [5.41, 5.74) is 0.973. The van der Waals surface area contributed by atoms with Crippen molar-refractivity contribution in [2.45, 2.75) is 44.6 Å². The van der Waals surface area contributed by atoms with Gasteiger partial charge in [0.1, 0.15) is 6.04 Å². The molecule has 1 aromatic rings. The Labute approximate surface area is 153 Å². The van der Waals surface area contributed by atoms with Crippen molar-refractivity contribution in [3.63, 3.8) is 0 Å². The molecule has 0 bridgehead atoms. The van der Waals surface area contributed by atoms with E-state index in [1.165, 1.54) is 4.90 Å². The lowest BCUT2D eigenvalue weighted by Gasteiger charge is -2.33. The Balaban J connectivity index is 1.98. The molecule has 0 aromatic heterocycles. The molecule has 1 amide bonds. The molecule has 1 aliphatic rings. The molecular formula is C19H27NO6. The summed E-state index contributed by atoms with van der Waals surface area (Å²) >= 11 is 0. The lowest BCUT2D eigenvalue weighted by Crippen LogP contribution is -2.47. The zero-order chi connectivity index (χ0) is 19.1. The van der Waals surface area contributed by atoms with Crippen molar-refractivity contribution >= 4 is 11.9 Å². The summed E-state index contributed by atoms with van der Waals surface area (Å²) in [5.74, 6) is 0.685. The highest BCUT2D eigenvalue weighted by atomic mass is 16.5. The van der Waals surface area contributed by atoms with Gasteiger partial charge in [-0.25, -0.2) is 4.79 Å². The van der Waals surface area contributed by atoms with E-state index in [4.69, 9.17) is 14.2 Å². The van der Waals surface area contributed by atoms with E-state index in [0.29, 0.717) is 49.5 Å².